The molecule has 0 radical (unpaired) electrons. The van der Waals surface area contributed by atoms with E-state index < -0.39 is 10.8 Å². The lowest BCUT2D eigenvalue weighted by Crippen LogP contribution is -2.37. The number of morpholine rings is 1. The molecule has 1 saturated heterocycles. The van der Waals surface area contributed by atoms with Gasteiger partial charge in [0.2, 0.25) is 5.89 Å². The van der Waals surface area contributed by atoms with Crippen molar-refractivity contribution in [2.75, 3.05) is 36.5 Å². The first-order valence-electron chi connectivity index (χ1n) is 11.8. The van der Waals surface area contributed by atoms with Crippen molar-refractivity contribution in [3.63, 3.8) is 0 Å². The summed E-state index contributed by atoms with van der Waals surface area (Å²) in [6.07, 6.45) is 0. The van der Waals surface area contributed by atoms with E-state index in [-0.39, 0.29) is 11.3 Å². The van der Waals surface area contributed by atoms with E-state index in [0.29, 0.717) is 55.1 Å². The molecule has 3 aromatic carbocycles. The number of aromatic nitrogens is 1. The average molecular weight is 487 g/mol. The van der Waals surface area contributed by atoms with Crippen LogP contribution in [0.3, 0.4) is 0 Å². The summed E-state index contributed by atoms with van der Waals surface area (Å²) >= 11 is 0. The first-order valence-corrected chi connectivity index (χ1v) is 11.8. The van der Waals surface area contributed by atoms with Crippen LogP contribution in [0, 0.1) is 10.1 Å². The van der Waals surface area contributed by atoms with Gasteiger partial charge >= 0.3 is 0 Å². The highest BCUT2D eigenvalue weighted by Gasteiger charge is 2.22. The van der Waals surface area contributed by atoms with Crippen LogP contribution in [0.15, 0.2) is 65.1 Å². The molecule has 9 nitrogen and oxygen atoms in total. The number of rotatable bonds is 6. The summed E-state index contributed by atoms with van der Waals surface area (Å²) in [5, 5.41) is 14.2. The van der Waals surface area contributed by atoms with Crippen LogP contribution in [0.5, 0.6) is 0 Å². The van der Waals surface area contributed by atoms with Crippen LogP contribution in [0.2, 0.25) is 0 Å². The number of benzene rings is 3. The van der Waals surface area contributed by atoms with E-state index in [9.17, 15) is 14.9 Å². The first kappa shape index (κ1) is 23.5. The van der Waals surface area contributed by atoms with Crippen molar-refractivity contribution < 1.29 is 18.9 Å². The van der Waals surface area contributed by atoms with Crippen molar-refractivity contribution in [3.05, 3.63) is 81.9 Å². The van der Waals surface area contributed by atoms with E-state index in [1.807, 2.05) is 35.2 Å². The lowest BCUT2D eigenvalue weighted by atomic mass is 10.0. The number of nitrogens with one attached hydrogen (secondary N) is 1. The third-order valence-electron chi connectivity index (χ3n) is 6.26. The van der Waals surface area contributed by atoms with Gasteiger partial charge in [-0.25, -0.2) is 4.98 Å². The van der Waals surface area contributed by atoms with Gasteiger partial charge in [-0.1, -0.05) is 19.9 Å². The Bertz CT molecular complexity index is 1420. The Kier molecular flexibility index (Phi) is 6.39. The second-order valence-electron chi connectivity index (χ2n) is 8.99. The molecule has 1 aliphatic heterocycles. The zero-order chi connectivity index (χ0) is 25.2. The molecule has 9 heteroatoms. The molecule has 0 aliphatic carbocycles. The SMILES string of the molecule is CC(C)c1ccc2oc(-c3ccc(NC(=O)c4cc([N+](=O)[O-])ccc4N4CCOCC4)cc3)nc2c1. The first-order chi connectivity index (χ1) is 17.4. The number of oxazole rings is 1. The summed E-state index contributed by atoms with van der Waals surface area (Å²) in [6.45, 7) is 6.55. The van der Waals surface area contributed by atoms with E-state index in [1.165, 1.54) is 17.7 Å². The highest BCUT2D eigenvalue weighted by atomic mass is 16.6. The van der Waals surface area contributed by atoms with E-state index in [4.69, 9.17) is 9.15 Å². The number of hydrogen-bond acceptors (Lipinski definition) is 7. The van der Waals surface area contributed by atoms with E-state index in [1.54, 1.807) is 18.2 Å². The molecule has 36 heavy (non-hydrogen) atoms. The van der Waals surface area contributed by atoms with Crippen molar-refractivity contribution >= 4 is 34.1 Å². The maximum Gasteiger partial charge on any atom is 0.270 e. The Morgan fingerprint density at radius 1 is 1.06 bits per heavy atom. The van der Waals surface area contributed by atoms with Crippen molar-refractivity contribution in [1.82, 2.24) is 4.98 Å². The number of nitrogens with zero attached hydrogens (tertiary/aromatic N) is 3. The van der Waals surface area contributed by atoms with Gasteiger partial charge in [0.1, 0.15) is 5.52 Å². The molecule has 0 spiro atoms. The zero-order valence-electron chi connectivity index (χ0n) is 20.1. The monoisotopic (exact) mass is 486 g/mol. The van der Waals surface area contributed by atoms with E-state index in [0.717, 1.165) is 11.1 Å². The van der Waals surface area contributed by atoms with Crippen LogP contribution in [0.4, 0.5) is 17.1 Å². The Balaban J connectivity index is 1.38. The zero-order valence-corrected chi connectivity index (χ0v) is 20.1. The Morgan fingerprint density at radius 2 is 1.81 bits per heavy atom. The van der Waals surface area contributed by atoms with Gasteiger partial charge in [0.15, 0.2) is 5.58 Å². The molecule has 0 bridgehead atoms. The molecule has 4 aromatic rings. The average Bonchev–Trinajstić information content (AvgIpc) is 3.32. The number of non-ortho nitro benzene ring substituents is 1. The number of amides is 1. The lowest BCUT2D eigenvalue weighted by molar-refractivity contribution is -0.384. The molecule has 1 aromatic heterocycles. The molecule has 1 fully saturated rings. The largest absolute Gasteiger partial charge is 0.436 e. The van der Waals surface area contributed by atoms with Crippen molar-refractivity contribution in [2.45, 2.75) is 19.8 Å². The van der Waals surface area contributed by atoms with Crippen LogP contribution in [-0.2, 0) is 4.74 Å². The fraction of sp³-hybridized carbons (Fsp3) is 0.259. The predicted molar refractivity (Wildman–Crippen MR) is 138 cm³/mol. The molecule has 1 aliphatic rings. The molecule has 2 heterocycles. The van der Waals surface area contributed by atoms with Crippen molar-refractivity contribution in [1.29, 1.82) is 0 Å². The van der Waals surface area contributed by atoms with Gasteiger partial charge in [0.25, 0.3) is 11.6 Å². The maximum absolute atomic E-state index is 13.2. The molecule has 0 saturated carbocycles. The number of hydrogen-bond donors (Lipinski definition) is 1. The van der Waals surface area contributed by atoms with Gasteiger partial charge in [0.05, 0.1) is 29.4 Å². The van der Waals surface area contributed by atoms with Gasteiger partial charge in [-0.15, -0.1) is 0 Å². The van der Waals surface area contributed by atoms with Gasteiger partial charge < -0.3 is 19.4 Å². The molecular weight excluding hydrogens is 460 g/mol. The second-order valence-corrected chi connectivity index (χ2v) is 8.99. The predicted octanol–water partition coefficient (Wildman–Crippen LogP) is 5.62. The summed E-state index contributed by atoms with van der Waals surface area (Å²) in [7, 11) is 0. The Hall–Kier alpha value is -4.24. The van der Waals surface area contributed by atoms with Crippen molar-refractivity contribution in [2.24, 2.45) is 0 Å². The van der Waals surface area contributed by atoms with Crippen LogP contribution in [0.1, 0.15) is 35.7 Å². The molecule has 1 amide bonds. The lowest BCUT2D eigenvalue weighted by Gasteiger charge is -2.30. The van der Waals surface area contributed by atoms with Crippen LogP contribution < -0.4 is 10.2 Å². The number of ether oxygens (including phenoxy) is 1. The third-order valence-corrected chi connectivity index (χ3v) is 6.26. The minimum absolute atomic E-state index is 0.135. The van der Waals surface area contributed by atoms with E-state index >= 15 is 0 Å². The van der Waals surface area contributed by atoms with Crippen molar-refractivity contribution in [3.8, 4) is 11.5 Å². The smallest absolute Gasteiger partial charge is 0.270 e. The highest BCUT2D eigenvalue weighted by molar-refractivity contribution is 6.08. The number of anilines is 2. The molecule has 0 atom stereocenters. The number of nitro benzene ring substituents is 1. The topological polar surface area (TPSA) is 111 Å². The number of nitro groups is 1. The summed E-state index contributed by atoms with van der Waals surface area (Å²) in [5.74, 6) is 0.473. The summed E-state index contributed by atoms with van der Waals surface area (Å²) < 4.78 is 11.3. The molecule has 1 N–H and O–H groups in total. The van der Waals surface area contributed by atoms with Gasteiger partial charge in [-0.3, -0.25) is 14.9 Å². The number of carbonyl (C=O) groups excluding carboxylic acids is 1. The Morgan fingerprint density at radius 3 is 2.50 bits per heavy atom. The summed E-state index contributed by atoms with van der Waals surface area (Å²) in [5.41, 5.74) is 4.80. The quantitative estimate of drug-likeness (QED) is 0.278. The summed E-state index contributed by atoms with van der Waals surface area (Å²) in [6, 6.07) is 17.5. The van der Waals surface area contributed by atoms with Crippen LogP contribution in [0.25, 0.3) is 22.6 Å². The third kappa shape index (κ3) is 4.78. The van der Waals surface area contributed by atoms with Crippen LogP contribution in [-0.4, -0.2) is 42.1 Å². The highest BCUT2D eigenvalue weighted by Crippen LogP contribution is 2.29. The fourth-order valence-electron chi connectivity index (χ4n) is 4.22. The maximum atomic E-state index is 13.2. The molecule has 5 rings (SSSR count). The minimum atomic E-state index is -0.501. The second kappa shape index (κ2) is 9.79. The summed E-state index contributed by atoms with van der Waals surface area (Å²) in [4.78, 5) is 30.6. The molecular formula is C27H26N4O5. The number of fused-ring (bicyclic) bond motifs is 1. The number of carbonyl (C=O) groups is 1. The fourth-order valence-corrected chi connectivity index (χ4v) is 4.22. The van der Waals surface area contributed by atoms with Gasteiger partial charge in [-0.2, -0.15) is 0 Å². The van der Waals surface area contributed by atoms with Crippen LogP contribution >= 0.6 is 0 Å². The normalized spacial score (nSPS) is 13.8. The molecule has 184 valence electrons. The standard InChI is InChI=1S/C27H26N4O5/c1-17(2)19-5-10-25-23(15-19)29-27(36-25)18-3-6-20(7-4-18)28-26(32)22-16-21(31(33)34)8-9-24(22)30-11-13-35-14-12-30/h3-10,15-17H,11-14H2,1-2H3,(H,28,32). The van der Waals surface area contributed by atoms with E-state index in [2.05, 4.69) is 24.1 Å². The van der Waals surface area contributed by atoms with Gasteiger partial charge in [0, 0.05) is 36.5 Å². The molecule has 0 unspecified atom stereocenters. The van der Waals surface area contributed by atoms with Gasteiger partial charge in [-0.05, 0) is 53.9 Å². The minimum Gasteiger partial charge on any atom is -0.436 e. The Labute approximate surface area is 207 Å².